The first-order valence-electron chi connectivity index (χ1n) is 5.62. The normalized spacial score (nSPS) is 12.9. The fourth-order valence-corrected chi connectivity index (χ4v) is 3.48. The molecule has 0 saturated carbocycles. The zero-order valence-corrected chi connectivity index (χ0v) is 13.7. The number of thiophene rings is 1. The molecule has 1 unspecified atom stereocenters. The number of hydrogen-bond acceptors (Lipinski definition) is 3. The number of aromatic nitrogens is 2. The Bertz CT molecular complexity index is 550. The summed E-state index contributed by atoms with van der Waals surface area (Å²) in [4.78, 5) is 0. The summed E-state index contributed by atoms with van der Waals surface area (Å²) >= 11 is 11.5. The van der Waals surface area contributed by atoms with E-state index in [-0.39, 0.29) is 6.04 Å². The van der Waals surface area contributed by atoms with Crippen LogP contribution in [0.2, 0.25) is 5.15 Å². The second-order valence-electron chi connectivity index (χ2n) is 4.21. The summed E-state index contributed by atoms with van der Waals surface area (Å²) in [6, 6.07) is 2.40. The van der Waals surface area contributed by atoms with Gasteiger partial charge < -0.3 is 5.32 Å². The molecule has 0 fully saturated rings. The Morgan fingerprint density at radius 2 is 2.33 bits per heavy atom. The van der Waals surface area contributed by atoms with Crippen molar-refractivity contribution in [2.75, 3.05) is 7.05 Å². The highest BCUT2D eigenvalue weighted by molar-refractivity contribution is 9.11. The van der Waals surface area contributed by atoms with Crippen molar-refractivity contribution in [2.45, 2.75) is 19.4 Å². The van der Waals surface area contributed by atoms with Gasteiger partial charge in [0.15, 0.2) is 0 Å². The van der Waals surface area contributed by atoms with E-state index in [4.69, 9.17) is 11.6 Å². The quantitative estimate of drug-likeness (QED) is 0.913. The third-order valence-electron chi connectivity index (χ3n) is 3.02. The first-order valence-corrected chi connectivity index (χ1v) is 7.67. The minimum Gasteiger partial charge on any atom is -0.313 e. The zero-order chi connectivity index (χ0) is 13.3. The lowest BCUT2D eigenvalue weighted by Crippen LogP contribution is -2.18. The summed E-state index contributed by atoms with van der Waals surface area (Å²) in [6.07, 6.45) is 0.845. The average Bonchev–Trinajstić information content (AvgIpc) is 2.84. The fraction of sp³-hybridized carbons (Fsp3) is 0.417. The van der Waals surface area contributed by atoms with E-state index in [1.807, 2.05) is 21.0 Å². The highest BCUT2D eigenvalue weighted by atomic mass is 79.9. The molecule has 0 aliphatic rings. The highest BCUT2D eigenvalue weighted by Gasteiger charge is 2.18. The average molecular weight is 349 g/mol. The molecule has 3 nitrogen and oxygen atoms in total. The van der Waals surface area contributed by atoms with Gasteiger partial charge in [0, 0.05) is 18.7 Å². The molecule has 0 aromatic carbocycles. The van der Waals surface area contributed by atoms with Gasteiger partial charge in [-0.2, -0.15) is 5.10 Å². The van der Waals surface area contributed by atoms with Crippen LogP contribution in [0, 0.1) is 6.92 Å². The first-order chi connectivity index (χ1) is 8.52. The van der Waals surface area contributed by atoms with Crippen molar-refractivity contribution < 1.29 is 0 Å². The second kappa shape index (κ2) is 5.74. The Hall–Kier alpha value is -0.360. The van der Waals surface area contributed by atoms with Crippen molar-refractivity contribution in [1.29, 1.82) is 0 Å². The van der Waals surface area contributed by atoms with Crippen molar-refractivity contribution in [1.82, 2.24) is 15.1 Å². The summed E-state index contributed by atoms with van der Waals surface area (Å²) in [5, 5.41) is 10.6. The minimum atomic E-state index is 0.257. The van der Waals surface area contributed by atoms with Crippen LogP contribution in [0.1, 0.15) is 22.9 Å². The Morgan fingerprint density at radius 3 is 2.78 bits per heavy atom. The highest BCUT2D eigenvalue weighted by Crippen LogP contribution is 2.29. The summed E-state index contributed by atoms with van der Waals surface area (Å²) < 4.78 is 2.87. The van der Waals surface area contributed by atoms with E-state index in [1.165, 1.54) is 5.56 Å². The molecule has 0 spiro atoms. The van der Waals surface area contributed by atoms with Crippen LogP contribution in [0.5, 0.6) is 0 Å². The van der Waals surface area contributed by atoms with Gasteiger partial charge in [0.25, 0.3) is 0 Å². The van der Waals surface area contributed by atoms with E-state index < -0.39 is 0 Å². The molecule has 0 radical (unpaired) electrons. The molecule has 0 aliphatic carbocycles. The van der Waals surface area contributed by atoms with E-state index in [9.17, 15) is 0 Å². The van der Waals surface area contributed by atoms with Gasteiger partial charge in [-0.3, -0.25) is 4.68 Å². The molecule has 0 saturated heterocycles. The van der Waals surface area contributed by atoms with E-state index in [0.29, 0.717) is 0 Å². The molecule has 2 aromatic heterocycles. The Balaban J connectivity index is 2.25. The van der Waals surface area contributed by atoms with Gasteiger partial charge in [-0.05, 0) is 53.3 Å². The van der Waals surface area contributed by atoms with Crippen molar-refractivity contribution >= 4 is 38.9 Å². The molecule has 1 atom stereocenters. The van der Waals surface area contributed by atoms with Gasteiger partial charge in [0.1, 0.15) is 5.15 Å². The molecular formula is C12H15BrClN3S. The zero-order valence-electron chi connectivity index (χ0n) is 10.5. The molecule has 18 heavy (non-hydrogen) atoms. The summed E-state index contributed by atoms with van der Waals surface area (Å²) in [7, 11) is 3.84. The number of aryl methyl sites for hydroxylation is 2. The third kappa shape index (κ3) is 2.79. The van der Waals surface area contributed by atoms with Gasteiger partial charge >= 0.3 is 0 Å². The monoisotopic (exact) mass is 347 g/mol. The summed E-state index contributed by atoms with van der Waals surface area (Å²) in [5.74, 6) is 0. The van der Waals surface area contributed by atoms with E-state index in [2.05, 4.69) is 37.8 Å². The molecule has 2 heterocycles. The van der Waals surface area contributed by atoms with Crippen LogP contribution in [0.25, 0.3) is 0 Å². The van der Waals surface area contributed by atoms with Crippen molar-refractivity contribution in [3.05, 3.63) is 37.2 Å². The Morgan fingerprint density at radius 1 is 1.61 bits per heavy atom. The van der Waals surface area contributed by atoms with Gasteiger partial charge in [0.2, 0.25) is 0 Å². The molecule has 2 aromatic rings. The predicted molar refractivity (Wildman–Crippen MR) is 80.5 cm³/mol. The van der Waals surface area contributed by atoms with Gasteiger partial charge in [-0.25, -0.2) is 0 Å². The number of likely N-dealkylation sites (N-methyl/N-ethyl adjacent to an activating group) is 1. The van der Waals surface area contributed by atoms with E-state index >= 15 is 0 Å². The smallest absolute Gasteiger partial charge is 0.130 e. The Kier molecular flexibility index (Phi) is 4.48. The summed E-state index contributed by atoms with van der Waals surface area (Å²) in [6.45, 7) is 2.00. The maximum atomic E-state index is 6.27. The third-order valence-corrected chi connectivity index (χ3v) is 5.01. The van der Waals surface area contributed by atoms with Crippen LogP contribution in [0.15, 0.2) is 15.2 Å². The fourth-order valence-electron chi connectivity index (χ4n) is 2.00. The number of halogens is 2. The molecule has 0 bridgehead atoms. The van der Waals surface area contributed by atoms with Gasteiger partial charge in [-0.1, -0.05) is 11.6 Å². The lowest BCUT2D eigenvalue weighted by Gasteiger charge is -2.14. The van der Waals surface area contributed by atoms with E-state index in [0.717, 1.165) is 26.6 Å². The molecule has 98 valence electrons. The standard InChI is InChI=1S/C12H15BrClN3S/c1-7-9(12(14)17(3)16-7)5-10(15-2)8-4-11(13)18-6-8/h4,6,10,15H,5H2,1-3H3. The first kappa shape index (κ1) is 14.1. The van der Waals surface area contributed by atoms with Crippen LogP contribution < -0.4 is 5.32 Å². The molecule has 6 heteroatoms. The molecule has 1 N–H and O–H groups in total. The molecular weight excluding hydrogens is 334 g/mol. The maximum Gasteiger partial charge on any atom is 0.130 e. The molecule has 0 amide bonds. The number of rotatable bonds is 4. The lowest BCUT2D eigenvalue weighted by molar-refractivity contribution is 0.592. The molecule has 0 aliphatic heterocycles. The maximum absolute atomic E-state index is 6.27. The molecule has 2 rings (SSSR count). The number of nitrogens with one attached hydrogen (secondary N) is 1. The van der Waals surface area contributed by atoms with Gasteiger partial charge in [0.05, 0.1) is 9.48 Å². The second-order valence-corrected chi connectivity index (χ2v) is 6.86. The predicted octanol–water partition coefficient (Wildman–Crippen LogP) is 3.71. The van der Waals surface area contributed by atoms with Crippen molar-refractivity contribution in [3.8, 4) is 0 Å². The van der Waals surface area contributed by atoms with Crippen LogP contribution in [-0.4, -0.2) is 16.8 Å². The largest absolute Gasteiger partial charge is 0.313 e. The van der Waals surface area contributed by atoms with Crippen LogP contribution >= 0.6 is 38.9 Å². The SMILES string of the molecule is CNC(Cc1c(C)nn(C)c1Cl)c1csc(Br)c1. The van der Waals surface area contributed by atoms with Gasteiger partial charge in [-0.15, -0.1) is 11.3 Å². The minimum absolute atomic E-state index is 0.257. The van der Waals surface area contributed by atoms with Crippen LogP contribution in [-0.2, 0) is 13.5 Å². The summed E-state index contributed by atoms with van der Waals surface area (Å²) in [5.41, 5.74) is 3.38. The lowest BCUT2D eigenvalue weighted by atomic mass is 10.0. The van der Waals surface area contributed by atoms with Crippen LogP contribution in [0.3, 0.4) is 0 Å². The van der Waals surface area contributed by atoms with Crippen molar-refractivity contribution in [2.24, 2.45) is 7.05 Å². The number of hydrogen-bond donors (Lipinski definition) is 1. The Labute approximate surface area is 124 Å². The topological polar surface area (TPSA) is 29.9 Å². The van der Waals surface area contributed by atoms with Crippen molar-refractivity contribution in [3.63, 3.8) is 0 Å². The van der Waals surface area contributed by atoms with E-state index in [1.54, 1.807) is 16.0 Å². The number of nitrogens with zero attached hydrogens (tertiary/aromatic N) is 2. The van der Waals surface area contributed by atoms with Crippen LogP contribution in [0.4, 0.5) is 0 Å².